The number of carbonyl (C=O) groups excluding carboxylic acids is 2. The first-order chi connectivity index (χ1) is 15.1. The van der Waals surface area contributed by atoms with Gasteiger partial charge in [0.05, 0.1) is 12.9 Å². The number of hydrogen-bond acceptors (Lipinski definition) is 4. The molecule has 1 atom stereocenters. The van der Waals surface area contributed by atoms with Crippen molar-refractivity contribution in [3.63, 3.8) is 0 Å². The van der Waals surface area contributed by atoms with Crippen LogP contribution in [0.5, 0.6) is 5.75 Å². The molecule has 0 aliphatic carbocycles. The van der Waals surface area contributed by atoms with Crippen LogP contribution >= 0.6 is 11.8 Å². The molecule has 0 saturated heterocycles. The minimum absolute atomic E-state index is 0.0395. The molecular weight excluding hydrogens is 420 g/mol. The minimum Gasteiger partial charge on any atom is -0.497 e. The van der Waals surface area contributed by atoms with Crippen LogP contribution in [0.25, 0.3) is 0 Å². The number of hydrogen-bond donors (Lipinski definition) is 1. The van der Waals surface area contributed by atoms with Gasteiger partial charge in [-0.2, -0.15) is 0 Å². The molecule has 0 aliphatic heterocycles. The Labute approximate surface area is 196 Å². The number of rotatable bonds is 10. The Kier molecular flexibility index (Phi) is 9.63. The van der Waals surface area contributed by atoms with E-state index in [0.29, 0.717) is 18.7 Å². The van der Waals surface area contributed by atoms with Gasteiger partial charge in [-0.05, 0) is 62.9 Å². The number of nitrogens with one attached hydrogen (secondary N) is 1. The number of aryl methyl sites for hydroxylation is 1. The lowest BCUT2D eigenvalue weighted by Crippen LogP contribution is -2.53. The molecule has 0 unspecified atom stereocenters. The Morgan fingerprint density at radius 2 is 1.84 bits per heavy atom. The van der Waals surface area contributed by atoms with Gasteiger partial charge < -0.3 is 15.0 Å². The van der Waals surface area contributed by atoms with Crippen LogP contribution in [0.4, 0.5) is 0 Å². The Morgan fingerprint density at radius 3 is 2.47 bits per heavy atom. The van der Waals surface area contributed by atoms with Crippen molar-refractivity contribution in [2.75, 3.05) is 12.9 Å². The van der Waals surface area contributed by atoms with Crippen LogP contribution in [0.3, 0.4) is 0 Å². The van der Waals surface area contributed by atoms with Crippen molar-refractivity contribution in [2.45, 2.75) is 64.9 Å². The number of benzene rings is 2. The van der Waals surface area contributed by atoms with Gasteiger partial charge in [-0.15, -0.1) is 11.8 Å². The Hall–Kier alpha value is -2.47. The molecule has 1 N–H and O–H groups in total. The zero-order chi connectivity index (χ0) is 23.7. The molecule has 32 heavy (non-hydrogen) atoms. The van der Waals surface area contributed by atoms with Gasteiger partial charge in [-0.1, -0.05) is 43.3 Å². The van der Waals surface area contributed by atoms with Crippen molar-refractivity contribution in [1.82, 2.24) is 10.2 Å². The highest BCUT2D eigenvalue weighted by atomic mass is 32.2. The Bertz CT molecular complexity index is 908. The lowest BCUT2D eigenvalue weighted by atomic mass is 10.1. The van der Waals surface area contributed by atoms with Gasteiger partial charge in [0, 0.05) is 17.8 Å². The maximum Gasteiger partial charge on any atom is 0.243 e. The summed E-state index contributed by atoms with van der Waals surface area (Å²) < 4.78 is 5.34. The van der Waals surface area contributed by atoms with Crippen LogP contribution in [0, 0.1) is 6.92 Å². The highest BCUT2D eigenvalue weighted by molar-refractivity contribution is 7.99. The molecule has 2 rings (SSSR count). The van der Waals surface area contributed by atoms with Gasteiger partial charge in [0.1, 0.15) is 11.8 Å². The molecule has 0 fully saturated rings. The average Bonchev–Trinajstić information content (AvgIpc) is 2.73. The summed E-state index contributed by atoms with van der Waals surface area (Å²) in [6, 6.07) is 15.3. The summed E-state index contributed by atoms with van der Waals surface area (Å²) in [4.78, 5) is 28.1. The maximum atomic E-state index is 13.3. The largest absolute Gasteiger partial charge is 0.497 e. The Morgan fingerprint density at radius 1 is 1.12 bits per heavy atom. The van der Waals surface area contributed by atoms with Gasteiger partial charge >= 0.3 is 0 Å². The van der Waals surface area contributed by atoms with E-state index in [0.717, 1.165) is 17.1 Å². The van der Waals surface area contributed by atoms with Crippen molar-refractivity contribution in [2.24, 2.45) is 0 Å². The van der Waals surface area contributed by atoms with Crippen LogP contribution in [0.2, 0.25) is 0 Å². The highest BCUT2D eigenvalue weighted by Gasteiger charge is 2.30. The van der Waals surface area contributed by atoms with Crippen LogP contribution < -0.4 is 10.1 Å². The van der Waals surface area contributed by atoms with E-state index in [1.165, 1.54) is 11.1 Å². The number of thioether (sulfide) groups is 1. The summed E-state index contributed by atoms with van der Waals surface area (Å²) >= 11 is 1.58. The fraction of sp³-hybridized carbons (Fsp3) is 0.462. The van der Waals surface area contributed by atoms with E-state index in [1.807, 2.05) is 64.1 Å². The van der Waals surface area contributed by atoms with Crippen molar-refractivity contribution in [3.05, 3.63) is 65.2 Å². The van der Waals surface area contributed by atoms with Gasteiger partial charge in [0.2, 0.25) is 11.8 Å². The third kappa shape index (κ3) is 7.90. The zero-order valence-electron chi connectivity index (χ0n) is 20.1. The second kappa shape index (κ2) is 12.0. The summed E-state index contributed by atoms with van der Waals surface area (Å²) in [5, 5.41) is 3.04. The number of amides is 2. The third-order valence-electron chi connectivity index (χ3n) is 5.12. The second-order valence-corrected chi connectivity index (χ2v) is 9.94. The molecule has 0 radical (unpaired) electrons. The first-order valence-electron chi connectivity index (χ1n) is 11.0. The van der Waals surface area contributed by atoms with E-state index in [2.05, 4.69) is 24.4 Å². The monoisotopic (exact) mass is 456 g/mol. The summed E-state index contributed by atoms with van der Waals surface area (Å²) in [6.45, 7) is 10.2. The van der Waals surface area contributed by atoms with Crippen molar-refractivity contribution in [1.29, 1.82) is 0 Å². The van der Waals surface area contributed by atoms with Crippen LogP contribution in [0.1, 0.15) is 50.8 Å². The van der Waals surface area contributed by atoms with E-state index in [-0.39, 0.29) is 17.4 Å². The predicted molar refractivity (Wildman–Crippen MR) is 133 cm³/mol. The minimum atomic E-state index is -0.535. The fourth-order valence-corrected chi connectivity index (χ4v) is 4.43. The summed E-state index contributed by atoms with van der Waals surface area (Å²) in [6.07, 6.45) is 0.542. The van der Waals surface area contributed by atoms with E-state index in [9.17, 15) is 9.59 Å². The van der Waals surface area contributed by atoms with E-state index in [4.69, 9.17) is 4.74 Å². The molecular formula is C26H36N2O3S. The SMILES string of the molecule is CC[C@@H](C(=O)NC(C)(C)C)N(Cc1cccc(OC)c1)C(=O)CSCc1ccccc1C. The first kappa shape index (κ1) is 25.8. The molecule has 0 bridgehead atoms. The number of nitrogens with zero attached hydrogens (tertiary/aromatic N) is 1. The third-order valence-corrected chi connectivity index (χ3v) is 6.08. The number of methoxy groups -OCH3 is 1. The molecule has 0 heterocycles. The summed E-state index contributed by atoms with van der Waals surface area (Å²) in [5.41, 5.74) is 3.01. The molecule has 0 saturated carbocycles. The van der Waals surface area contributed by atoms with Crippen LogP contribution in [-0.4, -0.2) is 41.2 Å². The van der Waals surface area contributed by atoms with E-state index < -0.39 is 6.04 Å². The lowest BCUT2D eigenvalue weighted by Gasteiger charge is -2.33. The molecule has 174 valence electrons. The quantitative estimate of drug-likeness (QED) is 0.549. The fourth-order valence-electron chi connectivity index (χ4n) is 3.44. The highest BCUT2D eigenvalue weighted by Crippen LogP contribution is 2.21. The average molecular weight is 457 g/mol. The first-order valence-corrected chi connectivity index (χ1v) is 12.2. The van der Waals surface area contributed by atoms with Crippen molar-refractivity contribution < 1.29 is 14.3 Å². The topological polar surface area (TPSA) is 58.6 Å². The number of ether oxygens (including phenoxy) is 1. The van der Waals surface area contributed by atoms with Gasteiger partial charge in [-0.3, -0.25) is 9.59 Å². The van der Waals surface area contributed by atoms with Gasteiger partial charge in [0.15, 0.2) is 0 Å². The molecule has 0 aromatic heterocycles. The molecule has 0 spiro atoms. The van der Waals surface area contributed by atoms with Crippen molar-refractivity contribution >= 4 is 23.6 Å². The van der Waals surface area contributed by atoms with Gasteiger partial charge in [0.25, 0.3) is 0 Å². The lowest BCUT2D eigenvalue weighted by molar-refractivity contribution is -0.140. The summed E-state index contributed by atoms with van der Waals surface area (Å²) in [7, 11) is 1.62. The van der Waals surface area contributed by atoms with Crippen molar-refractivity contribution in [3.8, 4) is 5.75 Å². The molecule has 2 aromatic rings. The standard InChI is InChI=1S/C26H36N2O3S/c1-7-23(25(30)27-26(3,4)5)28(16-20-12-10-14-22(15-20)31-6)24(29)18-32-17-21-13-9-8-11-19(21)2/h8-15,23H,7,16-18H2,1-6H3,(H,27,30)/t23-/m0/s1. The van der Waals surface area contributed by atoms with Crippen LogP contribution in [0.15, 0.2) is 48.5 Å². The molecule has 2 aromatic carbocycles. The normalized spacial score (nSPS) is 12.2. The molecule has 6 heteroatoms. The molecule has 2 amide bonds. The summed E-state index contributed by atoms with van der Waals surface area (Å²) in [5.74, 6) is 1.65. The van der Waals surface area contributed by atoms with E-state index in [1.54, 1.807) is 23.8 Å². The second-order valence-electron chi connectivity index (χ2n) is 8.96. The molecule has 5 nitrogen and oxygen atoms in total. The maximum absolute atomic E-state index is 13.3. The zero-order valence-corrected chi connectivity index (χ0v) is 20.9. The smallest absolute Gasteiger partial charge is 0.243 e. The predicted octanol–water partition coefficient (Wildman–Crippen LogP) is 4.96. The van der Waals surface area contributed by atoms with E-state index >= 15 is 0 Å². The molecule has 0 aliphatic rings. The number of carbonyl (C=O) groups is 2. The van der Waals surface area contributed by atoms with Gasteiger partial charge in [-0.25, -0.2) is 0 Å². The van der Waals surface area contributed by atoms with Crippen LogP contribution in [-0.2, 0) is 21.9 Å². The Balaban J connectivity index is 2.19.